The van der Waals surface area contributed by atoms with Crippen molar-refractivity contribution in [3.05, 3.63) is 120 Å². The highest BCUT2D eigenvalue weighted by molar-refractivity contribution is 5.83. The van der Waals surface area contributed by atoms with Gasteiger partial charge in [-0.25, -0.2) is 4.79 Å². The number of hydrogen-bond acceptors (Lipinski definition) is 7. The van der Waals surface area contributed by atoms with Crippen molar-refractivity contribution in [2.45, 2.75) is 97.1 Å². The van der Waals surface area contributed by atoms with Gasteiger partial charge in [0.05, 0.1) is 25.7 Å². The Bertz CT molecular complexity index is 1850. The summed E-state index contributed by atoms with van der Waals surface area (Å²) in [6.07, 6.45) is 1.02. The van der Waals surface area contributed by atoms with Crippen LogP contribution in [0.25, 0.3) is 22.3 Å². The summed E-state index contributed by atoms with van der Waals surface area (Å²) in [7, 11) is 0. The largest absolute Gasteiger partial charge is 0.466 e. The van der Waals surface area contributed by atoms with Gasteiger partial charge in [-0.2, -0.15) is 0 Å². The van der Waals surface area contributed by atoms with Crippen molar-refractivity contribution in [3.8, 4) is 22.3 Å². The van der Waals surface area contributed by atoms with Crippen molar-refractivity contribution in [2.75, 3.05) is 19.8 Å². The second-order valence-electron chi connectivity index (χ2n) is 16.9. The Morgan fingerprint density at radius 2 is 1.21 bits per heavy atom. The van der Waals surface area contributed by atoms with E-state index in [1.807, 2.05) is 74.5 Å². The average Bonchev–Trinajstić information content (AvgIpc) is 3.58. The molecule has 0 spiro atoms. The molecule has 0 radical (unpaired) electrons. The summed E-state index contributed by atoms with van der Waals surface area (Å²) in [5.74, 6) is -0.886. The molecule has 0 unspecified atom stereocenters. The number of esters is 1. The van der Waals surface area contributed by atoms with Crippen molar-refractivity contribution in [1.29, 1.82) is 0 Å². The number of Topliss-reactive ketones (excluding diaryl/α,β-unsaturated/α-hetero) is 1. The smallest absolute Gasteiger partial charge is 0.407 e. The van der Waals surface area contributed by atoms with Crippen LogP contribution in [0.1, 0.15) is 85.8 Å². The molecule has 4 atom stereocenters. The van der Waals surface area contributed by atoms with Gasteiger partial charge in [0, 0.05) is 23.8 Å². The number of amides is 1. The van der Waals surface area contributed by atoms with E-state index in [1.165, 1.54) is 16.7 Å². The average molecular weight is 764 g/mol. The number of carbonyl (C=O) groups is 3. The second-order valence-corrected chi connectivity index (χ2v) is 16.9. The van der Waals surface area contributed by atoms with E-state index in [9.17, 15) is 24.6 Å². The third-order valence-corrected chi connectivity index (χ3v) is 11.1. The monoisotopic (exact) mass is 763 g/mol. The minimum atomic E-state index is -0.757. The van der Waals surface area contributed by atoms with Crippen molar-refractivity contribution in [1.82, 2.24) is 5.32 Å². The van der Waals surface area contributed by atoms with Crippen LogP contribution in [0.2, 0.25) is 0 Å². The first-order valence-corrected chi connectivity index (χ1v) is 19.7. The standard InChI is InChI=1S/C27H37NO5.C21H24O2/c1-7-32-24(30)21(18-29)17-23(28-25(31)33-26(2,3)4)27(5,6)22-15-13-20(14-16-22)19-11-9-8-10-12-19;1-21(2,19-12-17(14-22)20(23)13-19)18-10-8-16(9-11-18)15-6-4-3-5-7-15/h8-16,21,23,29H,7,17-18H2,1-6H3,(H,28,31);3-11,17,19,22H,12-14H2,1-2H3/t21-,23-;17-,19+/m00/s1. The number of ether oxygens (including phenoxy) is 2. The summed E-state index contributed by atoms with van der Waals surface area (Å²) in [5.41, 5.74) is 5.60. The molecule has 4 aromatic rings. The lowest BCUT2D eigenvalue weighted by atomic mass is 9.72. The molecule has 0 aromatic heterocycles. The number of rotatable bonds is 13. The molecule has 0 bridgehead atoms. The zero-order valence-electron chi connectivity index (χ0n) is 34.4. The number of benzene rings is 4. The van der Waals surface area contributed by atoms with Gasteiger partial charge in [0.15, 0.2) is 0 Å². The van der Waals surface area contributed by atoms with E-state index in [1.54, 1.807) is 27.7 Å². The van der Waals surface area contributed by atoms with Crippen molar-refractivity contribution < 1.29 is 34.1 Å². The SMILES string of the molecule is CC(C)(c1ccc(-c2ccccc2)cc1)[C@H]1CC(=O)[C@H](CO)C1.CCOC(=O)[C@H](CO)C[C@H](NC(=O)OC(C)(C)C)C(C)(C)c1ccc(-c2ccccc2)cc1. The van der Waals surface area contributed by atoms with E-state index in [0.717, 1.165) is 23.1 Å². The van der Waals surface area contributed by atoms with Gasteiger partial charge in [0.25, 0.3) is 0 Å². The number of carbonyl (C=O) groups excluding carboxylic acids is 3. The molecule has 4 aromatic carbocycles. The zero-order chi connectivity index (χ0) is 41.1. The van der Waals surface area contributed by atoms with Crippen LogP contribution in [0.3, 0.4) is 0 Å². The predicted molar refractivity (Wildman–Crippen MR) is 223 cm³/mol. The Morgan fingerprint density at radius 3 is 1.64 bits per heavy atom. The highest BCUT2D eigenvalue weighted by Crippen LogP contribution is 2.43. The van der Waals surface area contributed by atoms with Crippen molar-refractivity contribution >= 4 is 17.8 Å². The van der Waals surface area contributed by atoms with Crippen LogP contribution in [0.5, 0.6) is 0 Å². The third kappa shape index (κ3) is 11.6. The molecule has 1 amide bonds. The maximum absolute atomic E-state index is 12.6. The van der Waals surface area contributed by atoms with Crippen LogP contribution in [0.15, 0.2) is 109 Å². The second kappa shape index (κ2) is 19.4. The van der Waals surface area contributed by atoms with Gasteiger partial charge < -0.3 is 25.0 Å². The maximum Gasteiger partial charge on any atom is 0.407 e. The molecule has 1 aliphatic carbocycles. The Morgan fingerprint density at radius 1 is 0.732 bits per heavy atom. The van der Waals surface area contributed by atoms with Crippen LogP contribution >= 0.6 is 0 Å². The Hall–Kier alpha value is -4.79. The number of ketones is 1. The van der Waals surface area contributed by atoms with Gasteiger partial charge in [-0.3, -0.25) is 9.59 Å². The van der Waals surface area contributed by atoms with Gasteiger partial charge in [-0.15, -0.1) is 0 Å². The third-order valence-electron chi connectivity index (χ3n) is 11.1. The molecule has 1 aliphatic rings. The molecule has 3 N–H and O–H groups in total. The van der Waals surface area contributed by atoms with Gasteiger partial charge in [-0.05, 0) is 85.3 Å². The molecular formula is C48H61NO7. The van der Waals surface area contributed by atoms with Gasteiger partial charge >= 0.3 is 12.1 Å². The number of aliphatic hydroxyl groups is 2. The van der Waals surface area contributed by atoms with Crippen LogP contribution in [-0.4, -0.2) is 59.5 Å². The first-order chi connectivity index (χ1) is 26.5. The summed E-state index contributed by atoms with van der Waals surface area (Å²) in [4.78, 5) is 37.0. The normalized spacial score (nSPS) is 16.9. The summed E-state index contributed by atoms with van der Waals surface area (Å²) >= 11 is 0. The van der Waals surface area contributed by atoms with E-state index in [2.05, 4.69) is 67.7 Å². The molecule has 0 saturated heterocycles. The first kappa shape index (κ1) is 43.9. The Kier molecular flexibility index (Phi) is 15.2. The minimum absolute atomic E-state index is 0.0155. The lowest BCUT2D eigenvalue weighted by Gasteiger charge is -2.37. The highest BCUT2D eigenvalue weighted by Gasteiger charge is 2.41. The van der Waals surface area contributed by atoms with Crippen LogP contribution < -0.4 is 5.32 Å². The predicted octanol–water partition coefficient (Wildman–Crippen LogP) is 9.31. The molecule has 0 heterocycles. The summed E-state index contributed by atoms with van der Waals surface area (Å²) in [6.45, 7) is 15.4. The topological polar surface area (TPSA) is 122 Å². The number of aliphatic hydroxyl groups excluding tert-OH is 2. The van der Waals surface area contributed by atoms with Crippen LogP contribution in [-0.2, 0) is 29.9 Å². The summed E-state index contributed by atoms with van der Waals surface area (Å²) < 4.78 is 10.6. The number of nitrogens with one attached hydrogen (secondary N) is 1. The molecule has 5 rings (SSSR count). The van der Waals surface area contributed by atoms with E-state index in [-0.39, 0.29) is 43.4 Å². The lowest BCUT2D eigenvalue weighted by Crippen LogP contribution is -2.50. The molecule has 8 nitrogen and oxygen atoms in total. The highest BCUT2D eigenvalue weighted by atomic mass is 16.6. The van der Waals surface area contributed by atoms with Crippen molar-refractivity contribution in [2.24, 2.45) is 17.8 Å². The fourth-order valence-corrected chi connectivity index (χ4v) is 7.35. The lowest BCUT2D eigenvalue weighted by molar-refractivity contribution is -0.150. The van der Waals surface area contributed by atoms with Gasteiger partial charge in [0.2, 0.25) is 0 Å². The maximum atomic E-state index is 12.6. The molecule has 0 aliphatic heterocycles. The first-order valence-electron chi connectivity index (χ1n) is 19.7. The van der Waals surface area contributed by atoms with E-state index >= 15 is 0 Å². The molecular weight excluding hydrogens is 703 g/mol. The molecule has 8 heteroatoms. The fourth-order valence-electron chi connectivity index (χ4n) is 7.35. The van der Waals surface area contributed by atoms with Gasteiger partial charge in [-0.1, -0.05) is 137 Å². The number of hydrogen-bond donors (Lipinski definition) is 3. The van der Waals surface area contributed by atoms with Gasteiger partial charge in [0.1, 0.15) is 11.4 Å². The number of alkyl carbamates (subject to hydrolysis) is 1. The van der Waals surface area contributed by atoms with Crippen molar-refractivity contribution in [3.63, 3.8) is 0 Å². The Labute approximate surface area is 333 Å². The quantitative estimate of drug-likeness (QED) is 0.116. The van der Waals surface area contributed by atoms with E-state index in [0.29, 0.717) is 12.3 Å². The molecule has 56 heavy (non-hydrogen) atoms. The summed E-state index contributed by atoms with van der Waals surface area (Å²) in [5, 5.41) is 22.1. The van der Waals surface area contributed by atoms with E-state index in [4.69, 9.17) is 9.47 Å². The molecule has 1 saturated carbocycles. The fraction of sp³-hybridized carbons (Fsp3) is 0.438. The Balaban J connectivity index is 0.000000264. The molecule has 300 valence electrons. The summed E-state index contributed by atoms with van der Waals surface area (Å²) in [6, 6.07) is 36.8. The minimum Gasteiger partial charge on any atom is -0.466 e. The van der Waals surface area contributed by atoms with Crippen LogP contribution in [0, 0.1) is 17.8 Å². The van der Waals surface area contributed by atoms with E-state index < -0.39 is 35.0 Å². The zero-order valence-corrected chi connectivity index (χ0v) is 34.4. The molecule has 1 fully saturated rings. The van der Waals surface area contributed by atoms with Crippen LogP contribution in [0.4, 0.5) is 4.79 Å².